The molecule has 5 rings (SSSR count). The Morgan fingerprint density at radius 3 is 2.73 bits per heavy atom. The van der Waals surface area contributed by atoms with E-state index in [0.29, 0.717) is 13.1 Å². The molecule has 1 fully saturated rings. The fourth-order valence-electron chi connectivity index (χ4n) is 5.27. The van der Waals surface area contributed by atoms with Gasteiger partial charge in [-0.1, -0.05) is 37.3 Å². The second-order valence-corrected chi connectivity index (χ2v) is 8.26. The molecule has 30 heavy (non-hydrogen) atoms. The van der Waals surface area contributed by atoms with Gasteiger partial charge in [0.05, 0.1) is 13.7 Å². The number of hydrogen-bond donors (Lipinski definition) is 1. The van der Waals surface area contributed by atoms with Crippen molar-refractivity contribution in [2.24, 2.45) is 0 Å². The third-order valence-corrected chi connectivity index (χ3v) is 6.78. The third kappa shape index (κ3) is 2.91. The molecule has 1 amide bonds. The molecule has 3 heterocycles. The van der Waals surface area contributed by atoms with E-state index in [1.165, 1.54) is 11.1 Å². The number of nitrogens with one attached hydrogen (secondary N) is 1. The highest BCUT2D eigenvalue weighted by Gasteiger charge is 2.44. The average molecular weight is 405 g/mol. The monoisotopic (exact) mass is 404 g/mol. The zero-order chi connectivity index (χ0) is 20.7. The maximum absolute atomic E-state index is 13.4. The number of likely N-dealkylation sites (tertiary alicyclic amines) is 1. The number of hydrogen-bond acceptors (Lipinski definition) is 3. The number of H-pyrrole nitrogens is 1. The van der Waals surface area contributed by atoms with Crippen LogP contribution in [0.2, 0.25) is 0 Å². The highest BCUT2D eigenvalue weighted by Crippen LogP contribution is 2.46. The van der Waals surface area contributed by atoms with Crippen LogP contribution >= 0.6 is 0 Å². The Balaban J connectivity index is 1.42. The number of methoxy groups -OCH3 is 1. The zero-order valence-corrected chi connectivity index (χ0v) is 17.7. The van der Waals surface area contributed by atoms with E-state index in [4.69, 9.17) is 9.47 Å². The highest BCUT2D eigenvalue weighted by molar-refractivity contribution is 6.01. The van der Waals surface area contributed by atoms with Crippen LogP contribution < -0.4 is 4.74 Å². The molecule has 5 nitrogen and oxygen atoms in total. The lowest BCUT2D eigenvalue weighted by Gasteiger charge is -2.45. The average Bonchev–Trinajstić information content (AvgIpc) is 3.17. The zero-order valence-electron chi connectivity index (χ0n) is 17.7. The summed E-state index contributed by atoms with van der Waals surface area (Å²) in [6, 6.07) is 14.4. The van der Waals surface area contributed by atoms with Crippen LogP contribution in [0.15, 0.2) is 42.5 Å². The lowest BCUT2D eigenvalue weighted by atomic mass is 9.78. The standard InChI is InChI=1S/C25H28N2O3/c1-3-18-19-8-4-5-9-20(19)26-23(18)24(28)27-14-12-25(13-15-27)22-17(11-16-30-25)7-6-10-21(22)29-2/h4-10,26H,3,11-16H2,1-2H3. The molecule has 1 N–H and O–H groups in total. The second kappa shape index (κ2) is 7.47. The van der Waals surface area contributed by atoms with Crippen LogP contribution in [-0.4, -0.2) is 42.6 Å². The molecule has 0 aliphatic carbocycles. The number of rotatable bonds is 3. The van der Waals surface area contributed by atoms with Crippen molar-refractivity contribution in [3.63, 3.8) is 0 Å². The molecule has 2 aliphatic rings. The van der Waals surface area contributed by atoms with Crippen molar-refractivity contribution in [3.05, 3.63) is 64.8 Å². The molecule has 156 valence electrons. The molecule has 1 saturated heterocycles. The number of piperidine rings is 1. The van der Waals surface area contributed by atoms with E-state index in [-0.39, 0.29) is 11.5 Å². The van der Waals surface area contributed by atoms with Gasteiger partial charge in [0.15, 0.2) is 0 Å². The van der Waals surface area contributed by atoms with Gasteiger partial charge >= 0.3 is 0 Å². The molecule has 0 bridgehead atoms. The summed E-state index contributed by atoms with van der Waals surface area (Å²) in [4.78, 5) is 18.8. The van der Waals surface area contributed by atoms with Crippen LogP contribution in [0.1, 0.15) is 46.9 Å². The molecule has 0 saturated carbocycles. The first-order valence-electron chi connectivity index (χ1n) is 10.9. The van der Waals surface area contributed by atoms with Crippen molar-refractivity contribution in [3.8, 4) is 5.75 Å². The summed E-state index contributed by atoms with van der Waals surface area (Å²) in [5.74, 6) is 0.991. The SMILES string of the molecule is CCc1c(C(=O)N2CCC3(CC2)OCCc2cccc(OC)c23)[nH]c2ccccc12. The third-order valence-electron chi connectivity index (χ3n) is 6.78. The molecule has 1 spiro atoms. The fourth-order valence-corrected chi connectivity index (χ4v) is 5.27. The van der Waals surface area contributed by atoms with E-state index in [0.717, 1.165) is 60.2 Å². The molecule has 0 atom stereocenters. The summed E-state index contributed by atoms with van der Waals surface area (Å²) in [6.07, 6.45) is 3.31. The molecule has 2 aliphatic heterocycles. The molecule has 0 radical (unpaired) electrons. The smallest absolute Gasteiger partial charge is 0.270 e. The van der Waals surface area contributed by atoms with E-state index >= 15 is 0 Å². The topological polar surface area (TPSA) is 54.6 Å². The quantitative estimate of drug-likeness (QED) is 0.702. The number of aryl methyl sites for hydroxylation is 1. The van der Waals surface area contributed by atoms with Gasteiger partial charge in [0.25, 0.3) is 5.91 Å². The Kier molecular flexibility index (Phi) is 4.78. The van der Waals surface area contributed by atoms with Crippen LogP contribution in [0, 0.1) is 0 Å². The maximum atomic E-state index is 13.4. The van der Waals surface area contributed by atoms with E-state index in [1.807, 2.05) is 29.2 Å². The summed E-state index contributed by atoms with van der Waals surface area (Å²) in [6.45, 7) is 4.18. The largest absolute Gasteiger partial charge is 0.496 e. The molecular weight excluding hydrogens is 376 g/mol. The van der Waals surface area contributed by atoms with Gasteiger partial charge in [-0.3, -0.25) is 4.79 Å². The highest BCUT2D eigenvalue weighted by atomic mass is 16.5. The predicted octanol–water partition coefficient (Wildman–Crippen LogP) is 4.44. The second-order valence-electron chi connectivity index (χ2n) is 8.26. The molecule has 5 heteroatoms. The van der Waals surface area contributed by atoms with Crippen molar-refractivity contribution in [1.29, 1.82) is 0 Å². The Morgan fingerprint density at radius 1 is 1.17 bits per heavy atom. The van der Waals surface area contributed by atoms with Crippen LogP contribution in [0.25, 0.3) is 10.9 Å². The van der Waals surface area contributed by atoms with Gasteiger partial charge in [0.1, 0.15) is 17.0 Å². The first kappa shape index (κ1) is 19.2. The molecule has 1 aromatic heterocycles. The van der Waals surface area contributed by atoms with Crippen LogP contribution in [0.3, 0.4) is 0 Å². The minimum Gasteiger partial charge on any atom is -0.496 e. The summed E-state index contributed by atoms with van der Waals surface area (Å²) in [5, 5.41) is 1.14. The van der Waals surface area contributed by atoms with E-state index in [9.17, 15) is 4.79 Å². The molecule has 2 aromatic carbocycles. The number of benzene rings is 2. The van der Waals surface area contributed by atoms with Gasteiger partial charge in [-0.15, -0.1) is 0 Å². The molecule has 0 unspecified atom stereocenters. The number of nitrogens with zero attached hydrogens (tertiary/aromatic N) is 1. The lowest BCUT2D eigenvalue weighted by molar-refractivity contribution is -0.0947. The Bertz CT molecular complexity index is 1080. The summed E-state index contributed by atoms with van der Waals surface area (Å²) in [7, 11) is 1.72. The number of amides is 1. The van der Waals surface area contributed by atoms with Gasteiger partial charge < -0.3 is 19.4 Å². The normalized spacial score (nSPS) is 17.9. The van der Waals surface area contributed by atoms with Gasteiger partial charge in [0.2, 0.25) is 0 Å². The van der Waals surface area contributed by atoms with Gasteiger partial charge in [0, 0.05) is 29.6 Å². The Hall–Kier alpha value is -2.79. The van der Waals surface area contributed by atoms with Crippen LogP contribution in [-0.2, 0) is 23.2 Å². The van der Waals surface area contributed by atoms with Crippen molar-refractivity contribution in [1.82, 2.24) is 9.88 Å². The molecular formula is C25H28N2O3. The number of ether oxygens (including phenoxy) is 2. The van der Waals surface area contributed by atoms with Crippen LogP contribution in [0.5, 0.6) is 5.75 Å². The Labute approximate surface area is 177 Å². The summed E-state index contributed by atoms with van der Waals surface area (Å²) in [5.41, 5.74) is 5.01. The van der Waals surface area contributed by atoms with Gasteiger partial charge in [-0.05, 0) is 48.9 Å². The van der Waals surface area contributed by atoms with Gasteiger partial charge in [-0.2, -0.15) is 0 Å². The number of fused-ring (bicyclic) bond motifs is 3. The van der Waals surface area contributed by atoms with Gasteiger partial charge in [-0.25, -0.2) is 0 Å². The minimum absolute atomic E-state index is 0.0916. The number of aromatic amines is 1. The number of carbonyl (C=O) groups excluding carboxylic acids is 1. The van der Waals surface area contributed by atoms with Crippen molar-refractivity contribution in [2.45, 2.75) is 38.2 Å². The van der Waals surface area contributed by atoms with Crippen molar-refractivity contribution < 1.29 is 14.3 Å². The van der Waals surface area contributed by atoms with Crippen LogP contribution in [0.4, 0.5) is 0 Å². The maximum Gasteiger partial charge on any atom is 0.270 e. The number of carbonyl (C=O) groups is 1. The van der Waals surface area contributed by atoms with E-state index < -0.39 is 0 Å². The van der Waals surface area contributed by atoms with E-state index in [1.54, 1.807) is 7.11 Å². The number of aromatic nitrogens is 1. The van der Waals surface area contributed by atoms with Crippen molar-refractivity contribution >= 4 is 16.8 Å². The van der Waals surface area contributed by atoms with E-state index in [2.05, 4.69) is 30.1 Å². The first-order valence-corrected chi connectivity index (χ1v) is 10.9. The predicted molar refractivity (Wildman–Crippen MR) is 117 cm³/mol. The fraction of sp³-hybridized carbons (Fsp3) is 0.400. The number of para-hydroxylation sites is 1. The molecule has 3 aromatic rings. The first-order chi connectivity index (χ1) is 14.7. The summed E-state index contributed by atoms with van der Waals surface area (Å²) >= 11 is 0. The van der Waals surface area contributed by atoms with Crippen molar-refractivity contribution in [2.75, 3.05) is 26.8 Å². The summed E-state index contributed by atoms with van der Waals surface area (Å²) < 4.78 is 12.1. The minimum atomic E-state index is -0.356. The Morgan fingerprint density at radius 2 is 1.97 bits per heavy atom. The lowest BCUT2D eigenvalue weighted by Crippen LogP contribution is -2.48.